The number of rotatable bonds is 15. The van der Waals surface area contributed by atoms with Gasteiger partial charge in [-0.25, -0.2) is 0 Å². The van der Waals surface area contributed by atoms with E-state index in [-0.39, 0.29) is 36.2 Å². The summed E-state index contributed by atoms with van der Waals surface area (Å²) in [5.74, 6) is 0.158. The molecule has 4 aliphatic heterocycles. The fraction of sp³-hybridized carbons (Fsp3) is 0.533. The van der Waals surface area contributed by atoms with Crippen LogP contribution in [0.15, 0.2) is 48.5 Å². The van der Waals surface area contributed by atoms with E-state index in [0.29, 0.717) is 52.0 Å². The van der Waals surface area contributed by atoms with Crippen molar-refractivity contribution in [3.05, 3.63) is 59.7 Å². The second-order valence-electron chi connectivity index (χ2n) is 10.7. The summed E-state index contributed by atoms with van der Waals surface area (Å²) in [7, 11) is 0. The van der Waals surface area contributed by atoms with E-state index in [2.05, 4.69) is 12.1 Å². The molecule has 4 fully saturated rings. The van der Waals surface area contributed by atoms with Gasteiger partial charge in [0.2, 0.25) is 11.8 Å². The number of hydrogen-bond donors (Lipinski definition) is 0. The molecule has 4 unspecified atom stereocenters. The third-order valence-corrected chi connectivity index (χ3v) is 7.48. The van der Waals surface area contributed by atoms with Crippen LogP contribution in [-0.4, -0.2) is 75.7 Å². The summed E-state index contributed by atoms with van der Waals surface area (Å²) >= 11 is 0. The van der Waals surface area contributed by atoms with E-state index < -0.39 is 0 Å². The Balaban J connectivity index is 1.06. The summed E-state index contributed by atoms with van der Waals surface area (Å²) < 4.78 is 21.8. The molecule has 0 spiro atoms. The monoisotopic (exact) mass is 520 g/mol. The lowest BCUT2D eigenvalue weighted by molar-refractivity contribution is -0.120. The Bertz CT molecular complexity index is 1050. The maximum absolute atomic E-state index is 13.4. The van der Waals surface area contributed by atoms with Crippen molar-refractivity contribution in [2.45, 2.75) is 62.9 Å². The van der Waals surface area contributed by atoms with E-state index in [0.717, 1.165) is 48.6 Å². The van der Waals surface area contributed by atoms with E-state index in [4.69, 9.17) is 18.9 Å². The minimum atomic E-state index is 0.0788. The van der Waals surface area contributed by atoms with Crippen LogP contribution in [0, 0.1) is 0 Å². The zero-order chi connectivity index (χ0) is 25.9. The van der Waals surface area contributed by atoms with E-state index >= 15 is 0 Å². The Morgan fingerprint density at radius 2 is 0.974 bits per heavy atom. The van der Waals surface area contributed by atoms with Gasteiger partial charge in [-0.2, -0.15) is 0 Å². The maximum Gasteiger partial charge on any atom is 0.227 e. The molecule has 2 aromatic rings. The molecule has 0 N–H and O–H groups in total. The third kappa shape index (κ3) is 6.99. The zero-order valence-corrected chi connectivity index (χ0v) is 21.8. The highest BCUT2D eigenvalue weighted by Crippen LogP contribution is 2.30. The number of benzene rings is 2. The first-order valence-corrected chi connectivity index (χ1v) is 13.9. The van der Waals surface area contributed by atoms with Crippen molar-refractivity contribution >= 4 is 23.2 Å². The molecule has 0 bridgehead atoms. The molecule has 0 aromatic heterocycles. The van der Waals surface area contributed by atoms with Gasteiger partial charge in [0, 0.05) is 37.1 Å². The number of anilines is 2. The molecule has 202 valence electrons. The van der Waals surface area contributed by atoms with Gasteiger partial charge in [-0.1, -0.05) is 36.4 Å². The SMILES string of the molecule is O=C(CCCCC(=O)N(CC1CO1)c1ccccc1CC1CO1)N(CC1CO1)c1ccccc1CC1CO1. The predicted molar refractivity (Wildman–Crippen MR) is 142 cm³/mol. The molecule has 2 aromatic carbocycles. The topological polar surface area (TPSA) is 90.7 Å². The van der Waals surface area contributed by atoms with Crippen LogP contribution in [0.3, 0.4) is 0 Å². The molecule has 4 saturated heterocycles. The van der Waals surface area contributed by atoms with Crippen LogP contribution in [0.5, 0.6) is 0 Å². The second kappa shape index (κ2) is 11.5. The number of carbonyl (C=O) groups is 2. The first-order chi connectivity index (χ1) is 18.6. The number of amides is 2. The summed E-state index contributed by atoms with van der Waals surface area (Å²) in [6.07, 6.45) is 4.45. The lowest BCUT2D eigenvalue weighted by Crippen LogP contribution is -2.36. The van der Waals surface area contributed by atoms with E-state index in [9.17, 15) is 9.59 Å². The van der Waals surface area contributed by atoms with Gasteiger partial charge < -0.3 is 28.7 Å². The average Bonchev–Trinajstić information content (AvgIpc) is 3.75. The number of para-hydroxylation sites is 2. The first-order valence-electron chi connectivity index (χ1n) is 13.9. The third-order valence-electron chi connectivity index (χ3n) is 7.48. The standard InChI is InChI=1S/C30H36N2O6/c33-29(31(15-25-19-37-25)27-9-3-1-7-21(27)13-23-17-35-23)11-5-6-12-30(34)32(16-26-20-38-26)28-10-4-2-8-22(28)14-24-18-36-24/h1-4,7-10,23-26H,5-6,11-20H2. The van der Waals surface area contributed by atoms with Crippen LogP contribution < -0.4 is 9.80 Å². The number of nitrogens with zero attached hydrogens (tertiary/aromatic N) is 2. The van der Waals surface area contributed by atoms with Crippen molar-refractivity contribution in [2.75, 3.05) is 49.3 Å². The fourth-order valence-electron chi connectivity index (χ4n) is 5.00. The van der Waals surface area contributed by atoms with Crippen molar-refractivity contribution in [1.82, 2.24) is 0 Å². The Labute approximate surface area is 223 Å². The molecule has 0 saturated carbocycles. The summed E-state index contributed by atoms with van der Waals surface area (Å²) in [5, 5.41) is 0. The molecular weight excluding hydrogens is 484 g/mol. The average molecular weight is 521 g/mol. The Morgan fingerprint density at radius 3 is 1.34 bits per heavy atom. The van der Waals surface area contributed by atoms with Crippen molar-refractivity contribution in [3.63, 3.8) is 0 Å². The Kier molecular flexibility index (Phi) is 7.74. The normalized spacial score (nSPS) is 24.5. The van der Waals surface area contributed by atoms with Crippen molar-refractivity contribution in [2.24, 2.45) is 0 Å². The van der Waals surface area contributed by atoms with E-state index in [1.165, 1.54) is 0 Å². The van der Waals surface area contributed by atoms with Crippen LogP contribution in [0.4, 0.5) is 11.4 Å². The van der Waals surface area contributed by atoms with Gasteiger partial charge in [0.15, 0.2) is 0 Å². The number of unbranched alkanes of at least 4 members (excludes halogenated alkanes) is 1. The van der Waals surface area contributed by atoms with Gasteiger partial charge >= 0.3 is 0 Å². The van der Waals surface area contributed by atoms with Gasteiger partial charge in [0.05, 0.1) is 63.9 Å². The Morgan fingerprint density at radius 1 is 0.605 bits per heavy atom. The molecule has 38 heavy (non-hydrogen) atoms. The summed E-state index contributed by atoms with van der Waals surface area (Å²) in [6, 6.07) is 16.2. The van der Waals surface area contributed by atoms with Crippen LogP contribution in [0.2, 0.25) is 0 Å². The summed E-state index contributed by atoms with van der Waals surface area (Å²) in [6.45, 7) is 4.09. The van der Waals surface area contributed by atoms with Gasteiger partial charge in [-0.15, -0.1) is 0 Å². The van der Waals surface area contributed by atoms with Gasteiger partial charge in [0.1, 0.15) is 0 Å². The minimum Gasteiger partial charge on any atom is -0.373 e. The number of ether oxygens (including phenoxy) is 4. The van der Waals surface area contributed by atoms with E-state index in [1.54, 1.807) is 0 Å². The van der Waals surface area contributed by atoms with Crippen molar-refractivity contribution in [3.8, 4) is 0 Å². The van der Waals surface area contributed by atoms with E-state index in [1.807, 2.05) is 46.2 Å². The van der Waals surface area contributed by atoms with Crippen molar-refractivity contribution in [1.29, 1.82) is 0 Å². The minimum absolute atomic E-state index is 0.0788. The lowest BCUT2D eigenvalue weighted by Gasteiger charge is -2.26. The molecule has 4 heterocycles. The second-order valence-corrected chi connectivity index (χ2v) is 10.7. The molecule has 8 nitrogen and oxygen atoms in total. The van der Waals surface area contributed by atoms with Gasteiger partial charge in [-0.05, 0) is 36.1 Å². The molecular formula is C30H36N2O6. The molecule has 0 radical (unpaired) electrons. The van der Waals surface area contributed by atoms with Crippen molar-refractivity contribution < 1.29 is 28.5 Å². The zero-order valence-electron chi connectivity index (χ0n) is 21.8. The largest absolute Gasteiger partial charge is 0.373 e. The molecule has 2 amide bonds. The fourth-order valence-corrected chi connectivity index (χ4v) is 5.00. The lowest BCUT2D eigenvalue weighted by atomic mass is 10.0. The summed E-state index contributed by atoms with van der Waals surface area (Å²) in [4.78, 5) is 30.5. The highest BCUT2D eigenvalue weighted by molar-refractivity contribution is 5.95. The smallest absolute Gasteiger partial charge is 0.227 e. The molecule has 4 atom stereocenters. The van der Waals surface area contributed by atoms with Crippen LogP contribution in [0.25, 0.3) is 0 Å². The van der Waals surface area contributed by atoms with Crippen LogP contribution >= 0.6 is 0 Å². The summed E-state index contributed by atoms with van der Waals surface area (Å²) in [5.41, 5.74) is 4.16. The molecule has 0 aliphatic carbocycles. The van der Waals surface area contributed by atoms with Crippen LogP contribution in [0.1, 0.15) is 36.8 Å². The predicted octanol–water partition coefficient (Wildman–Crippen LogP) is 3.29. The highest BCUT2D eigenvalue weighted by Gasteiger charge is 2.33. The van der Waals surface area contributed by atoms with Crippen LogP contribution in [-0.2, 0) is 41.4 Å². The highest BCUT2D eigenvalue weighted by atomic mass is 16.6. The molecule has 6 rings (SSSR count). The molecule has 8 heteroatoms. The first kappa shape index (κ1) is 25.5. The number of carbonyl (C=O) groups excluding carboxylic acids is 2. The Hall–Kier alpha value is -2.78. The number of epoxide rings is 4. The molecule has 4 aliphatic rings. The quantitative estimate of drug-likeness (QED) is 0.264. The maximum atomic E-state index is 13.4. The number of hydrogen-bond acceptors (Lipinski definition) is 6. The van der Waals surface area contributed by atoms with Gasteiger partial charge in [-0.3, -0.25) is 9.59 Å². The van der Waals surface area contributed by atoms with Gasteiger partial charge in [0.25, 0.3) is 0 Å².